The fourth-order valence-electron chi connectivity index (χ4n) is 1.62. The normalized spacial score (nSPS) is 12.5. The van der Waals surface area contributed by atoms with Gasteiger partial charge in [0.15, 0.2) is 0 Å². The second-order valence-corrected chi connectivity index (χ2v) is 4.90. The van der Waals surface area contributed by atoms with E-state index in [9.17, 15) is 5.11 Å². The fourth-order valence-corrected chi connectivity index (χ4v) is 1.62. The molecule has 0 aliphatic carbocycles. The molecule has 0 spiro atoms. The molecule has 0 aliphatic heterocycles. The zero-order valence-corrected chi connectivity index (χ0v) is 12.1. The highest BCUT2D eigenvalue weighted by molar-refractivity contribution is 5.56. The number of hydrogen-bond donors (Lipinski definition) is 2. The maximum Gasteiger partial charge on any atom is 0.142 e. The quantitative estimate of drug-likeness (QED) is 0.722. The van der Waals surface area contributed by atoms with Crippen LogP contribution in [0, 0.1) is 5.92 Å². The fraction of sp³-hybridized carbons (Fsp3) is 0.600. The summed E-state index contributed by atoms with van der Waals surface area (Å²) in [6.45, 7) is 8.22. The van der Waals surface area contributed by atoms with Gasteiger partial charge in [0, 0.05) is 13.2 Å². The molecular weight excluding hydrogens is 242 g/mol. The van der Waals surface area contributed by atoms with Crippen LogP contribution in [-0.4, -0.2) is 37.6 Å². The molecule has 108 valence electrons. The van der Waals surface area contributed by atoms with Crippen molar-refractivity contribution in [2.75, 3.05) is 31.7 Å². The van der Waals surface area contributed by atoms with Gasteiger partial charge in [-0.05, 0) is 25.0 Å². The maximum absolute atomic E-state index is 9.82. The maximum atomic E-state index is 9.82. The van der Waals surface area contributed by atoms with Crippen molar-refractivity contribution in [3.05, 3.63) is 24.3 Å². The number of benzene rings is 1. The predicted molar refractivity (Wildman–Crippen MR) is 77.8 cm³/mol. The van der Waals surface area contributed by atoms with E-state index in [1.165, 1.54) is 0 Å². The number of rotatable bonds is 9. The van der Waals surface area contributed by atoms with Crippen LogP contribution in [0.2, 0.25) is 0 Å². The Labute approximate surface area is 115 Å². The lowest BCUT2D eigenvalue weighted by atomic mass is 10.2. The summed E-state index contributed by atoms with van der Waals surface area (Å²) in [5.74, 6) is 1.29. The highest BCUT2D eigenvalue weighted by atomic mass is 16.5. The Kier molecular flexibility index (Phi) is 7.30. The number of aliphatic hydroxyl groups is 1. The summed E-state index contributed by atoms with van der Waals surface area (Å²) < 4.78 is 10.9. The third-order valence-electron chi connectivity index (χ3n) is 2.48. The average Bonchev–Trinajstić information content (AvgIpc) is 2.37. The Morgan fingerprint density at radius 3 is 2.63 bits per heavy atom. The molecule has 1 aromatic rings. The van der Waals surface area contributed by atoms with Gasteiger partial charge in [0.2, 0.25) is 0 Å². The van der Waals surface area contributed by atoms with Gasteiger partial charge < -0.3 is 19.9 Å². The van der Waals surface area contributed by atoms with E-state index < -0.39 is 6.10 Å². The third-order valence-corrected chi connectivity index (χ3v) is 2.48. The van der Waals surface area contributed by atoms with Crippen molar-refractivity contribution in [2.24, 2.45) is 5.92 Å². The highest BCUT2D eigenvalue weighted by Gasteiger charge is 2.07. The molecule has 1 rings (SSSR count). The number of hydrogen-bond acceptors (Lipinski definition) is 4. The zero-order valence-electron chi connectivity index (χ0n) is 12.1. The minimum atomic E-state index is -0.520. The Hall–Kier alpha value is -1.26. The standard InChI is InChI=1S/C15H25NO3/c1-4-19-15-8-6-5-7-14(15)16-9-13(17)11-18-10-12(2)3/h5-8,12-13,16-17H,4,9-11H2,1-3H3. The molecule has 0 fully saturated rings. The van der Waals surface area contributed by atoms with Gasteiger partial charge in [-0.1, -0.05) is 26.0 Å². The second-order valence-electron chi connectivity index (χ2n) is 4.90. The first kappa shape index (κ1) is 15.8. The van der Waals surface area contributed by atoms with Crippen LogP contribution in [0.5, 0.6) is 5.75 Å². The van der Waals surface area contributed by atoms with Gasteiger partial charge in [-0.15, -0.1) is 0 Å². The van der Waals surface area contributed by atoms with Crippen LogP contribution in [0.4, 0.5) is 5.69 Å². The van der Waals surface area contributed by atoms with Gasteiger partial charge in [0.05, 0.1) is 25.0 Å². The van der Waals surface area contributed by atoms with E-state index in [0.29, 0.717) is 32.3 Å². The van der Waals surface area contributed by atoms with E-state index in [-0.39, 0.29) is 0 Å². The highest BCUT2D eigenvalue weighted by Crippen LogP contribution is 2.23. The molecule has 1 atom stereocenters. The monoisotopic (exact) mass is 267 g/mol. The first-order valence-electron chi connectivity index (χ1n) is 6.85. The number of para-hydroxylation sites is 2. The lowest BCUT2D eigenvalue weighted by Gasteiger charge is -2.16. The predicted octanol–water partition coefficient (Wildman–Crippen LogP) is 2.53. The van der Waals surface area contributed by atoms with Gasteiger partial charge in [0.1, 0.15) is 5.75 Å². The molecule has 1 aromatic carbocycles. The first-order chi connectivity index (χ1) is 9.13. The Balaban J connectivity index is 2.35. The van der Waals surface area contributed by atoms with Crippen LogP contribution in [0.3, 0.4) is 0 Å². The van der Waals surface area contributed by atoms with Gasteiger partial charge in [-0.3, -0.25) is 0 Å². The summed E-state index contributed by atoms with van der Waals surface area (Å²) in [5.41, 5.74) is 0.896. The summed E-state index contributed by atoms with van der Waals surface area (Å²) in [5, 5.41) is 13.0. The molecule has 0 saturated heterocycles. The topological polar surface area (TPSA) is 50.7 Å². The van der Waals surface area contributed by atoms with Crippen molar-refractivity contribution in [2.45, 2.75) is 26.9 Å². The Bertz CT molecular complexity index is 355. The summed E-state index contributed by atoms with van der Waals surface area (Å²) >= 11 is 0. The number of anilines is 1. The molecule has 4 nitrogen and oxygen atoms in total. The summed E-state index contributed by atoms with van der Waals surface area (Å²) in [6.07, 6.45) is -0.520. The van der Waals surface area contributed by atoms with Crippen LogP contribution in [-0.2, 0) is 4.74 Å². The molecule has 0 radical (unpaired) electrons. The van der Waals surface area contributed by atoms with Crippen molar-refractivity contribution < 1.29 is 14.6 Å². The van der Waals surface area contributed by atoms with Crippen LogP contribution in [0.1, 0.15) is 20.8 Å². The minimum Gasteiger partial charge on any atom is -0.492 e. The van der Waals surface area contributed by atoms with Gasteiger partial charge in [0.25, 0.3) is 0 Å². The molecule has 4 heteroatoms. The smallest absolute Gasteiger partial charge is 0.142 e. The Morgan fingerprint density at radius 2 is 1.95 bits per heavy atom. The van der Waals surface area contributed by atoms with Crippen molar-refractivity contribution in [1.29, 1.82) is 0 Å². The summed E-state index contributed by atoms with van der Waals surface area (Å²) in [7, 11) is 0. The van der Waals surface area contributed by atoms with Crippen LogP contribution in [0.25, 0.3) is 0 Å². The van der Waals surface area contributed by atoms with Gasteiger partial charge >= 0.3 is 0 Å². The molecule has 1 unspecified atom stereocenters. The van der Waals surface area contributed by atoms with E-state index >= 15 is 0 Å². The molecule has 0 aromatic heterocycles. The van der Waals surface area contributed by atoms with Crippen molar-refractivity contribution in [1.82, 2.24) is 0 Å². The Morgan fingerprint density at radius 1 is 1.21 bits per heavy atom. The lowest BCUT2D eigenvalue weighted by Crippen LogP contribution is -2.25. The molecule has 19 heavy (non-hydrogen) atoms. The van der Waals surface area contributed by atoms with E-state index in [1.54, 1.807) is 0 Å². The molecular formula is C15H25NO3. The van der Waals surface area contributed by atoms with E-state index in [2.05, 4.69) is 19.2 Å². The minimum absolute atomic E-state index is 0.349. The van der Waals surface area contributed by atoms with Crippen molar-refractivity contribution in [3.63, 3.8) is 0 Å². The second kappa shape index (κ2) is 8.77. The SMILES string of the molecule is CCOc1ccccc1NCC(O)COCC(C)C. The molecule has 0 aliphatic rings. The molecule has 0 bridgehead atoms. The van der Waals surface area contributed by atoms with E-state index in [1.807, 2.05) is 31.2 Å². The summed E-state index contributed by atoms with van der Waals surface area (Å²) in [6, 6.07) is 7.71. The zero-order chi connectivity index (χ0) is 14.1. The molecule has 0 saturated carbocycles. The van der Waals surface area contributed by atoms with Gasteiger partial charge in [-0.25, -0.2) is 0 Å². The molecule has 0 heterocycles. The van der Waals surface area contributed by atoms with Crippen molar-refractivity contribution in [3.8, 4) is 5.75 Å². The largest absolute Gasteiger partial charge is 0.492 e. The van der Waals surface area contributed by atoms with Gasteiger partial charge in [-0.2, -0.15) is 0 Å². The average molecular weight is 267 g/mol. The number of nitrogens with one attached hydrogen (secondary N) is 1. The number of ether oxygens (including phenoxy) is 2. The number of aliphatic hydroxyl groups excluding tert-OH is 1. The van der Waals surface area contributed by atoms with Crippen LogP contribution < -0.4 is 10.1 Å². The lowest BCUT2D eigenvalue weighted by molar-refractivity contribution is 0.0317. The summed E-state index contributed by atoms with van der Waals surface area (Å²) in [4.78, 5) is 0. The van der Waals surface area contributed by atoms with E-state index in [0.717, 1.165) is 11.4 Å². The van der Waals surface area contributed by atoms with Crippen LogP contribution in [0.15, 0.2) is 24.3 Å². The molecule has 0 amide bonds. The molecule has 2 N–H and O–H groups in total. The van der Waals surface area contributed by atoms with Crippen molar-refractivity contribution >= 4 is 5.69 Å². The third kappa shape index (κ3) is 6.45. The van der Waals surface area contributed by atoms with E-state index in [4.69, 9.17) is 9.47 Å². The van der Waals surface area contributed by atoms with Crippen LogP contribution >= 0.6 is 0 Å². The first-order valence-corrected chi connectivity index (χ1v) is 6.85.